The first kappa shape index (κ1) is 18.4. The van der Waals surface area contributed by atoms with E-state index >= 15 is 0 Å². The Balaban J connectivity index is 2.09. The van der Waals surface area contributed by atoms with E-state index in [1.54, 1.807) is 24.3 Å². The number of rotatable bonds is 6. The Bertz CT molecular complexity index is 685. The van der Waals surface area contributed by atoms with Crippen LogP contribution in [0.5, 0.6) is 0 Å². The molecule has 0 radical (unpaired) electrons. The number of carbonyl (C=O) groups excluding carboxylic acids is 1. The van der Waals surface area contributed by atoms with E-state index in [1.165, 1.54) is 0 Å². The molecule has 0 aliphatic rings. The van der Waals surface area contributed by atoms with Crippen molar-refractivity contribution in [2.45, 2.75) is 26.3 Å². The van der Waals surface area contributed by atoms with Crippen molar-refractivity contribution in [2.75, 3.05) is 13.6 Å². The van der Waals surface area contributed by atoms with Gasteiger partial charge in [-0.1, -0.05) is 37.6 Å². The molecular weight excluding hydrogens is 322 g/mol. The number of hydrogen-bond acceptors (Lipinski definition) is 3. The smallest absolute Gasteiger partial charge is 0.255 e. The van der Waals surface area contributed by atoms with Crippen LogP contribution in [0.1, 0.15) is 30.6 Å². The van der Waals surface area contributed by atoms with Crippen molar-refractivity contribution >= 4 is 17.5 Å². The molecule has 0 bridgehead atoms. The number of carbonyl (C=O) groups is 1. The van der Waals surface area contributed by atoms with Crippen LogP contribution in [0.4, 0.5) is 0 Å². The highest BCUT2D eigenvalue weighted by molar-refractivity contribution is 6.30. The molecule has 1 heterocycles. The van der Waals surface area contributed by atoms with Gasteiger partial charge >= 0.3 is 0 Å². The molecule has 0 saturated heterocycles. The summed E-state index contributed by atoms with van der Waals surface area (Å²) < 4.78 is 0. The second kappa shape index (κ2) is 8.27. The molecule has 0 aliphatic carbocycles. The van der Waals surface area contributed by atoms with Crippen molar-refractivity contribution in [2.24, 2.45) is 11.7 Å². The first-order valence-corrected chi connectivity index (χ1v) is 8.48. The van der Waals surface area contributed by atoms with Crippen LogP contribution in [0.3, 0.4) is 0 Å². The number of aromatic nitrogens is 1. The maximum absolute atomic E-state index is 12.6. The fourth-order valence-electron chi connectivity index (χ4n) is 2.36. The molecule has 0 saturated carbocycles. The van der Waals surface area contributed by atoms with Crippen LogP contribution in [0, 0.1) is 5.92 Å². The van der Waals surface area contributed by atoms with E-state index in [0.717, 1.165) is 17.5 Å². The second-order valence-electron chi connectivity index (χ2n) is 6.39. The zero-order valence-corrected chi connectivity index (χ0v) is 15.1. The molecule has 0 fully saturated rings. The number of nitrogens with two attached hydrogens (primary N) is 1. The van der Waals surface area contributed by atoms with Gasteiger partial charge in [-0.2, -0.15) is 0 Å². The lowest BCUT2D eigenvalue weighted by molar-refractivity contribution is 0.0789. The molecule has 2 N–H and O–H groups in total. The Hall–Kier alpha value is -1.91. The summed E-state index contributed by atoms with van der Waals surface area (Å²) in [4.78, 5) is 18.5. The van der Waals surface area contributed by atoms with Crippen LogP contribution in [0.15, 0.2) is 42.7 Å². The fourth-order valence-corrected chi connectivity index (χ4v) is 2.48. The average molecular weight is 346 g/mol. The molecule has 0 spiro atoms. The van der Waals surface area contributed by atoms with Gasteiger partial charge in [0.1, 0.15) is 0 Å². The topological polar surface area (TPSA) is 59.2 Å². The van der Waals surface area contributed by atoms with Gasteiger partial charge in [-0.25, -0.2) is 0 Å². The van der Waals surface area contributed by atoms with Crippen LogP contribution in [-0.4, -0.2) is 35.4 Å². The average Bonchev–Trinajstić information content (AvgIpc) is 2.59. The molecule has 1 unspecified atom stereocenters. The first-order valence-electron chi connectivity index (χ1n) is 8.10. The third-order valence-electron chi connectivity index (χ3n) is 4.16. The number of benzene rings is 1. The Morgan fingerprint density at radius 1 is 1.21 bits per heavy atom. The normalized spacial score (nSPS) is 12.2. The number of amides is 1. The van der Waals surface area contributed by atoms with Gasteiger partial charge in [0.25, 0.3) is 5.91 Å². The van der Waals surface area contributed by atoms with Gasteiger partial charge < -0.3 is 10.6 Å². The largest absolute Gasteiger partial charge is 0.342 e. The highest BCUT2D eigenvalue weighted by atomic mass is 35.5. The second-order valence-corrected chi connectivity index (χ2v) is 6.83. The van der Waals surface area contributed by atoms with Crippen LogP contribution in [-0.2, 0) is 0 Å². The van der Waals surface area contributed by atoms with E-state index in [2.05, 4.69) is 18.8 Å². The Morgan fingerprint density at radius 2 is 1.88 bits per heavy atom. The zero-order chi connectivity index (χ0) is 17.7. The van der Waals surface area contributed by atoms with Crippen molar-refractivity contribution in [1.29, 1.82) is 0 Å². The maximum Gasteiger partial charge on any atom is 0.255 e. The third kappa shape index (κ3) is 4.79. The van der Waals surface area contributed by atoms with Crippen LogP contribution in [0.25, 0.3) is 11.1 Å². The van der Waals surface area contributed by atoms with Gasteiger partial charge in [0, 0.05) is 42.6 Å². The predicted molar refractivity (Wildman–Crippen MR) is 99.1 cm³/mol. The van der Waals surface area contributed by atoms with E-state index in [1.807, 2.05) is 30.3 Å². The number of hydrogen-bond donors (Lipinski definition) is 1. The summed E-state index contributed by atoms with van der Waals surface area (Å²) in [6.07, 6.45) is 4.12. The van der Waals surface area contributed by atoms with Gasteiger partial charge in [0.05, 0.1) is 5.56 Å². The summed E-state index contributed by atoms with van der Waals surface area (Å²) >= 11 is 5.92. The first-order chi connectivity index (χ1) is 11.4. The Morgan fingerprint density at radius 3 is 2.50 bits per heavy atom. The summed E-state index contributed by atoms with van der Waals surface area (Å²) in [6.45, 7) is 4.81. The summed E-state index contributed by atoms with van der Waals surface area (Å²) in [5, 5.41) is 0.681. The van der Waals surface area contributed by atoms with Crippen molar-refractivity contribution in [3.8, 4) is 11.1 Å². The highest BCUT2D eigenvalue weighted by Crippen LogP contribution is 2.22. The lowest BCUT2D eigenvalue weighted by Gasteiger charge is -2.21. The standard InChI is InChI=1S/C19H24ClN3O/c1-13(2)18(21)8-9-23(3)19(24)16-10-15(11-22-12-16)14-4-6-17(20)7-5-14/h4-7,10-13,18H,8-9,21H2,1-3H3. The van der Waals surface area contributed by atoms with Crippen LogP contribution < -0.4 is 5.73 Å². The van der Waals surface area contributed by atoms with Gasteiger partial charge in [-0.15, -0.1) is 0 Å². The molecule has 0 aliphatic heterocycles. The van der Waals surface area contributed by atoms with E-state index in [4.69, 9.17) is 17.3 Å². The molecule has 4 nitrogen and oxygen atoms in total. The van der Waals surface area contributed by atoms with E-state index in [0.29, 0.717) is 23.0 Å². The monoisotopic (exact) mass is 345 g/mol. The van der Waals surface area contributed by atoms with E-state index in [9.17, 15) is 4.79 Å². The summed E-state index contributed by atoms with van der Waals surface area (Å²) in [7, 11) is 1.80. The SMILES string of the molecule is CC(C)C(N)CCN(C)C(=O)c1cncc(-c2ccc(Cl)cc2)c1. The minimum Gasteiger partial charge on any atom is -0.342 e. The number of pyridine rings is 1. The quantitative estimate of drug-likeness (QED) is 0.865. The van der Waals surface area contributed by atoms with Gasteiger partial charge in [-0.3, -0.25) is 9.78 Å². The van der Waals surface area contributed by atoms with Crippen molar-refractivity contribution in [3.63, 3.8) is 0 Å². The fraction of sp³-hybridized carbons (Fsp3) is 0.368. The minimum absolute atomic E-state index is 0.0470. The van der Waals surface area contributed by atoms with E-state index in [-0.39, 0.29) is 11.9 Å². The Labute approximate surface area is 148 Å². The summed E-state index contributed by atoms with van der Waals surface area (Å²) in [5.74, 6) is 0.359. The number of halogens is 1. The maximum atomic E-state index is 12.6. The van der Waals surface area contributed by atoms with Crippen molar-refractivity contribution in [1.82, 2.24) is 9.88 Å². The number of nitrogens with zero attached hydrogens (tertiary/aromatic N) is 2. The minimum atomic E-state index is -0.0470. The molecule has 1 aromatic carbocycles. The zero-order valence-electron chi connectivity index (χ0n) is 14.4. The van der Waals surface area contributed by atoms with Gasteiger partial charge in [-0.05, 0) is 36.1 Å². The molecule has 128 valence electrons. The van der Waals surface area contributed by atoms with Crippen LogP contribution >= 0.6 is 11.6 Å². The molecule has 24 heavy (non-hydrogen) atoms. The predicted octanol–water partition coefficient (Wildman–Crippen LogP) is 3.85. The Kier molecular flexibility index (Phi) is 6.35. The molecule has 2 aromatic rings. The molecular formula is C19H24ClN3O. The molecule has 1 amide bonds. The van der Waals surface area contributed by atoms with Crippen molar-refractivity contribution < 1.29 is 4.79 Å². The summed E-state index contributed by atoms with van der Waals surface area (Å²) in [5.41, 5.74) is 8.50. The van der Waals surface area contributed by atoms with Crippen molar-refractivity contribution in [3.05, 3.63) is 53.3 Å². The molecule has 5 heteroatoms. The third-order valence-corrected chi connectivity index (χ3v) is 4.42. The highest BCUT2D eigenvalue weighted by Gasteiger charge is 2.15. The molecule has 1 aromatic heterocycles. The molecule has 1 atom stereocenters. The van der Waals surface area contributed by atoms with Crippen LogP contribution in [0.2, 0.25) is 5.02 Å². The molecule has 2 rings (SSSR count). The van der Waals surface area contributed by atoms with E-state index < -0.39 is 0 Å². The lowest BCUT2D eigenvalue weighted by Crippen LogP contribution is -2.34. The van der Waals surface area contributed by atoms with Gasteiger partial charge in [0.15, 0.2) is 0 Å². The lowest BCUT2D eigenvalue weighted by atomic mass is 10.0. The van der Waals surface area contributed by atoms with Gasteiger partial charge in [0.2, 0.25) is 0 Å². The summed E-state index contributed by atoms with van der Waals surface area (Å²) in [6, 6.07) is 9.43.